The van der Waals surface area contributed by atoms with Crippen LogP contribution >= 0.6 is 34.5 Å². The molecule has 1 aromatic heterocycles. The number of aromatic nitrogens is 1. The second-order valence-corrected chi connectivity index (χ2v) is 5.92. The van der Waals surface area contributed by atoms with Crippen molar-refractivity contribution in [3.8, 4) is 0 Å². The number of nitrogens with one attached hydrogen (secondary N) is 1. The van der Waals surface area contributed by atoms with Gasteiger partial charge in [0.05, 0.1) is 12.2 Å². The fourth-order valence-electron chi connectivity index (χ4n) is 1.45. The molecule has 0 radical (unpaired) electrons. The number of halogens is 2. The van der Waals surface area contributed by atoms with Crippen LogP contribution in [0.5, 0.6) is 0 Å². The maximum absolute atomic E-state index is 5.92. The molecular formula is C12H12Cl2N2S. The molecule has 0 aliphatic rings. The third-order valence-corrected chi connectivity index (χ3v) is 3.89. The summed E-state index contributed by atoms with van der Waals surface area (Å²) in [6.45, 7) is 4.79. The Morgan fingerprint density at radius 1 is 1.18 bits per heavy atom. The molecule has 0 spiro atoms. The Labute approximate surface area is 115 Å². The highest BCUT2D eigenvalue weighted by atomic mass is 35.5. The normalized spacial score (nSPS) is 10.6. The highest BCUT2D eigenvalue weighted by molar-refractivity contribution is 7.11. The van der Waals surface area contributed by atoms with Gasteiger partial charge in [0.15, 0.2) is 0 Å². The summed E-state index contributed by atoms with van der Waals surface area (Å²) in [7, 11) is 0. The Morgan fingerprint density at radius 2 is 1.82 bits per heavy atom. The molecule has 2 nitrogen and oxygen atoms in total. The van der Waals surface area contributed by atoms with E-state index in [2.05, 4.69) is 17.2 Å². The van der Waals surface area contributed by atoms with E-state index in [-0.39, 0.29) is 0 Å². The molecule has 0 unspecified atom stereocenters. The topological polar surface area (TPSA) is 24.9 Å². The van der Waals surface area contributed by atoms with Gasteiger partial charge in [-0.2, -0.15) is 0 Å². The van der Waals surface area contributed by atoms with E-state index >= 15 is 0 Å². The van der Waals surface area contributed by atoms with Crippen LogP contribution in [0.1, 0.15) is 15.6 Å². The van der Waals surface area contributed by atoms with Crippen LogP contribution in [0.15, 0.2) is 18.2 Å². The summed E-state index contributed by atoms with van der Waals surface area (Å²) < 4.78 is 0. The van der Waals surface area contributed by atoms with Gasteiger partial charge >= 0.3 is 0 Å². The molecular weight excluding hydrogens is 275 g/mol. The lowest BCUT2D eigenvalue weighted by Gasteiger charge is -2.05. The molecule has 0 atom stereocenters. The molecule has 0 saturated carbocycles. The van der Waals surface area contributed by atoms with Gasteiger partial charge in [-0.05, 0) is 32.0 Å². The predicted molar refractivity (Wildman–Crippen MR) is 75.4 cm³/mol. The van der Waals surface area contributed by atoms with Gasteiger partial charge in [-0.15, -0.1) is 11.3 Å². The van der Waals surface area contributed by atoms with Crippen molar-refractivity contribution in [3.63, 3.8) is 0 Å². The van der Waals surface area contributed by atoms with Gasteiger partial charge in [-0.25, -0.2) is 4.98 Å². The van der Waals surface area contributed by atoms with E-state index in [4.69, 9.17) is 23.2 Å². The van der Waals surface area contributed by atoms with Gasteiger partial charge in [0.25, 0.3) is 0 Å². The molecule has 90 valence electrons. The van der Waals surface area contributed by atoms with Crippen molar-refractivity contribution in [3.05, 3.63) is 43.8 Å². The number of thiazole rings is 1. The Morgan fingerprint density at radius 3 is 2.35 bits per heavy atom. The minimum absolute atomic E-state index is 0.631. The first-order valence-electron chi connectivity index (χ1n) is 5.17. The lowest BCUT2D eigenvalue weighted by Crippen LogP contribution is -1.98. The van der Waals surface area contributed by atoms with E-state index in [9.17, 15) is 0 Å². The molecule has 0 amide bonds. The molecule has 0 aliphatic heterocycles. The highest BCUT2D eigenvalue weighted by Gasteiger charge is 2.04. The average Bonchev–Trinajstić information content (AvgIpc) is 2.54. The first kappa shape index (κ1) is 12.7. The largest absolute Gasteiger partial charge is 0.378 e. The second-order valence-electron chi connectivity index (χ2n) is 3.76. The summed E-state index contributed by atoms with van der Waals surface area (Å²) >= 11 is 13.5. The van der Waals surface area contributed by atoms with Crippen LogP contribution in [0.4, 0.5) is 5.69 Å². The van der Waals surface area contributed by atoms with Gasteiger partial charge in [0.1, 0.15) is 5.01 Å². The second kappa shape index (κ2) is 5.25. The van der Waals surface area contributed by atoms with E-state index < -0.39 is 0 Å². The van der Waals surface area contributed by atoms with Crippen LogP contribution in [-0.2, 0) is 6.54 Å². The van der Waals surface area contributed by atoms with Crippen LogP contribution in [0.25, 0.3) is 0 Å². The Balaban J connectivity index is 2.07. The fourth-order valence-corrected chi connectivity index (χ4v) is 2.85. The first-order chi connectivity index (χ1) is 8.04. The van der Waals surface area contributed by atoms with E-state index in [0.29, 0.717) is 16.6 Å². The third kappa shape index (κ3) is 3.35. The van der Waals surface area contributed by atoms with Crippen molar-refractivity contribution < 1.29 is 0 Å². The van der Waals surface area contributed by atoms with Crippen LogP contribution in [0.3, 0.4) is 0 Å². The average molecular weight is 287 g/mol. The molecule has 2 aromatic rings. The molecule has 0 fully saturated rings. The lowest BCUT2D eigenvalue weighted by atomic mass is 10.3. The summed E-state index contributed by atoms with van der Waals surface area (Å²) in [6.07, 6.45) is 0. The molecule has 2 rings (SSSR count). The molecule has 0 aliphatic carbocycles. The maximum atomic E-state index is 5.92. The lowest BCUT2D eigenvalue weighted by molar-refractivity contribution is 1.07. The summed E-state index contributed by atoms with van der Waals surface area (Å²) in [6, 6.07) is 5.41. The summed E-state index contributed by atoms with van der Waals surface area (Å²) in [4.78, 5) is 5.72. The van der Waals surface area contributed by atoms with Gasteiger partial charge in [-0.1, -0.05) is 23.2 Å². The zero-order chi connectivity index (χ0) is 12.4. The number of rotatable bonds is 3. The van der Waals surface area contributed by atoms with E-state index in [0.717, 1.165) is 16.4 Å². The van der Waals surface area contributed by atoms with E-state index in [1.165, 1.54) is 4.88 Å². The number of hydrogen-bond acceptors (Lipinski definition) is 3. The van der Waals surface area contributed by atoms with Crippen molar-refractivity contribution in [1.82, 2.24) is 4.98 Å². The minimum atomic E-state index is 0.631. The molecule has 0 bridgehead atoms. The van der Waals surface area contributed by atoms with Gasteiger partial charge in [0.2, 0.25) is 0 Å². The van der Waals surface area contributed by atoms with E-state index in [1.54, 1.807) is 17.4 Å². The van der Waals surface area contributed by atoms with Crippen molar-refractivity contribution in [2.24, 2.45) is 0 Å². The summed E-state index contributed by atoms with van der Waals surface area (Å²) in [5.41, 5.74) is 2.00. The quantitative estimate of drug-likeness (QED) is 0.886. The van der Waals surface area contributed by atoms with Gasteiger partial charge in [0, 0.05) is 20.6 Å². The maximum Gasteiger partial charge on any atom is 0.112 e. The Bertz CT molecular complexity index is 498. The number of anilines is 1. The monoisotopic (exact) mass is 286 g/mol. The smallest absolute Gasteiger partial charge is 0.112 e. The fraction of sp³-hybridized carbons (Fsp3) is 0.250. The van der Waals surface area contributed by atoms with Crippen molar-refractivity contribution in [2.45, 2.75) is 20.4 Å². The van der Waals surface area contributed by atoms with Gasteiger partial charge < -0.3 is 5.32 Å². The summed E-state index contributed by atoms with van der Waals surface area (Å²) in [5.74, 6) is 0. The van der Waals surface area contributed by atoms with Crippen LogP contribution < -0.4 is 5.32 Å². The van der Waals surface area contributed by atoms with Crippen LogP contribution in [0.2, 0.25) is 10.0 Å². The SMILES string of the molecule is Cc1nc(CNc2cc(Cl)cc(Cl)c2)sc1C. The standard InChI is InChI=1S/C12H12Cl2N2S/c1-7-8(2)17-12(16-7)6-15-11-4-9(13)3-10(14)5-11/h3-5,15H,6H2,1-2H3. The molecule has 1 aromatic carbocycles. The van der Waals surface area contributed by atoms with Crippen molar-refractivity contribution in [1.29, 1.82) is 0 Å². The number of nitrogens with zero attached hydrogens (tertiary/aromatic N) is 1. The predicted octanol–water partition coefficient (Wildman–Crippen LogP) is 4.68. The number of hydrogen-bond donors (Lipinski definition) is 1. The Hall–Kier alpha value is -0.770. The van der Waals surface area contributed by atoms with Gasteiger partial charge in [-0.3, -0.25) is 0 Å². The number of benzene rings is 1. The molecule has 5 heteroatoms. The molecule has 1 N–H and O–H groups in total. The summed E-state index contributed by atoms with van der Waals surface area (Å²) in [5, 5.41) is 5.59. The molecule has 17 heavy (non-hydrogen) atoms. The minimum Gasteiger partial charge on any atom is -0.378 e. The number of aryl methyl sites for hydroxylation is 2. The molecule has 1 heterocycles. The van der Waals surface area contributed by atoms with Crippen molar-refractivity contribution in [2.75, 3.05) is 5.32 Å². The Kier molecular flexibility index (Phi) is 3.92. The first-order valence-corrected chi connectivity index (χ1v) is 6.75. The highest BCUT2D eigenvalue weighted by Crippen LogP contribution is 2.23. The molecule has 0 saturated heterocycles. The third-order valence-electron chi connectivity index (χ3n) is 2.38. The zero-order valence-corrected chi connectivity index (χ0v) is 11.9. The van der Waals surface area contributed by atoms with E-state index in [1.807, 2.05) is 19.1 Å². The van der Waals surface area contributed by atoms with Crippen LogP contribution in [-0.4, -0.2) is 4.98 Å². The van der Waals surface area contributed by atoms with Crippen molar-refractivity contribution >= 4 is 40.2 Å². The zero-order valence-electron chi connectivity index (χ0n) is 9.55. The van der Waals surface area contributed by atoms with Crippen LogP contribution in [0, 0.1) is 13.8 Å².